The van der Waals surface area contributed by atoms with Crippen molar-refractivity contribution in [1.29, 1.82) is 0 Å². The Morgan fingerprint density at radius 1 is 1.12 bits per heavy atom. The van der Waals surface area contributed by atoms with Crippen molar-refractivity contribution in [2.75, 3.05) is 38.5 Å². The number of halogens is 2. The Balaban J connectivity index is 0.00000182. The molecule has 3 heterocycles. The van der Waals surface area contributed by atoms with Gasteiger partial charge in [0.05, 0.1) is 5.69 Å². The number of anilines is 1. The van der Waals surface area contributed by atoms with Gasteiger partial charge in [-0.3, -0.25) is 5.32 Å². The molecular weight excluding hydrogens is 361 g/mol. The van der Waals surface area contributed by atoms with Crippen LogP contribution in [0.1, 0.15) is 0 Å². The number of rotatable bonds is 2. The van der Waals surface area contributed by atoms with Gasteiger partial charge in [-0.15, -0.1) is 17.5 Å². The fourth-order valence-corrected chi connectivity index (χ4v) is 3.84. The van der Waals surface area contributed by atoms with E-state index < -0.39 is 0 Å². The lowest BCUT2D eigenvalue weighted by Crippen LogP contribution is -2.35. The van der Waals surface area contributed by atoms with Crippen molar-refractivity contribution in [3.8, 4) is 5.69 Å². The predicted molar refractivity (Wildman–Crippen MR) is 101 cm³/mol. The molecule has 8 heteroatoms. The largest absolute Gasteiger partial charge is 0.324 e. The summed E-state index contributed by atoms with van der Waals surface area (Å²) in [7, 11) is 2.14. The minimum atomic E-state index is -0.0617. The molecular formula is C17H21Cl2N5O. The number of benzene rings is 1. The van der Waals surface area contributed by atoms with Gasteiger partial charge in [0.15, 0.2) is 5.82 Å². The Labute approximate surface area is 158 Å². The van der Waals surface area contributed by atoms with E-state index >= 15 is 0 Å². The molecule has 0 saturated carbocycles. The number of fused-ring (bicyclic) bond motifs is 1. The zero-order valence-electron chi connectivity index (χ0n) is 13.9. The normalized spacial score (nSPS) is 22.6. The van der Waals surface area contributed by atoms with E-state index in [2.05, 4.69) is 22.4 Å². The Morgan fingerprint density at radius 2 is 1.76 bits per heavy atom. The van der Waals surface area contributed by atoms with Crippen LogP contribution in [0.2, 0.25) is 5.02 Å². The molecule has 0 unspecified atom stereocenters. The second-order valence-corrected chi connectivity index (χ2v) is 7.13. The second-order valence-electron chi connectivity index (χ2n) is 6.70. The van der Waals surface area contributed by atoms with Crippen molar-refractivity contribution in [2.24, 2.45) is 11.8 Å². The van der Waals surface area contributed by atoms with E-state index in [-0.39, 0.29) is 18.4 Å². The Hall–Kier alpha value is -1.76. The summed E-state index contributed by atoms with van der Waals surface area (Å²) in [6.07, 6.45) is 1.83. The molecule has 2 amide bonds. The van der Waals surface area contributed by atoms with Crippen molar-refractivity contribution in [3.63, 3.8) is 0 Å². The van der Waals surface area contributed by atoms with Crippen LogP contribution in [-0.4, -0.2) is 58.8 Å². The summed E-state index contributed by atoms with van der Waals surface area (Å²) in [6.45, 7) is 3.83. The van der Waals surface area contributed by atoms with Crippen LogP contribution in [0.3, 0.4) is 0 Å². The quantitative estimate of drug-likeness (QED) is 0.869. The maximum absolute atomic E-state index is 12.5. The van der Waals surface area contributed by atoms with Crippen molar-refractivity contribution in [2.45, 2.75) is 0 Å². The van der Waals surface area contributed by atoms with Gasteiger partial charge < -0.3 is 9.80 Å². The minimum absolute atomic E-state index is 0. The van der Waals surface area contributed by atoms with Crippen LogP contribution < -0.4 is 5.32 Å². The molecule has 2 aliphatic heterocycles. The molecule has 134 valence electrons. The highest BCUT2D eigenvalue weighted by molar-refractivity contribution is 6.30. The maximum Gasteiger partial charge on any atom is 0.323 e. The van der Waals surface area contributed by atoms with Crippen molar-refractivity contribution in [3.05, 3.63) is 41.6 Å². The number of carbonyl (C=O) groups is 1. The molecule has 0 radical (unpaired) electrons. The van der Waals surface area contributed by atoms with E-state index in [1.807, 2.05) is 35.4 Å². The van der Waals surface area contributed by atoms with E-state index in [1.54, 1.807) is 10.7 Å². The lowest BCUT2D eigenvalue weighted by Gasteiger charge is -2.19. The van der Waals surface area contributed by atoms with Crippen LogP contribution in [0.5, 0.6) is 0 Å². The van der Waals surface area contributed by atoms with Crippen LogP contribution in [0.4, 0.5) is 10.6 Å². The first-order chi connectivity index (χ1) is 11.6. The number of nitrogens with one attached hydrogen (secondary N) is 1. The van der Waals surface area contributed by atoms with E-state index in [0.29, 0.717) is 22.7 Å². The lowest BCUT2D eigenvalue weighted by atomic mass is 10.0. The molecule has 0 bridgehead atoms. The average Bonchev–Trinajstić information content (AvgIpc) is 3.22. The molecule has 2 saturated heterocycles. The molecule has 2 aromatic rings. The first-order valence-electron chi connectivity index (χ1n) is 8.14. The number of nitrogens with zero attached hydrogens (tertiary/aromatic N) is 4. The van der Waals surface area contributed by atoms with E-state index in [0.717, 1.165) is 31.9 Å². The highest BCUT2D eigenvalue weighted by Crippen LogP contribution is 2.30. The number of hydrogen-bond donors (Lipinski definition) is 1. The van der Waals surface area contributed by atoms with Gasteiger partial charge in [-0.05, 0) is 43.1 Å². The summed E-state index contributed by atoms with van der Waals surface area (Å²) in [6, 6.07) is 9.15. The van der Waals surface area contributed by atoms with Gasteiger partial charge in [0.1, 0.15) is 0 Å². The molecule has 1 aromatic heterocycles. The van der Waals surface area contributed by atoms with Gasteiger partial charge in [0.2, 0.25) is 0 Å². The molecule has 6 nitrogen and oxygen atoms in total. The van der Waals surface area contributed by atoms with Gasteiger partial charge >= 0.3 is 6.03 Å². The lowest BCUT2D eigenvalue weighted by molar-refractivity contribution is 0.215. The minimum Gasteiger partial charge on any atom is -0.324 e. The smallest absolute Gasteiger partial charge is 0.323 e. The van der Waals surface area contributed by atoms with Gasteiger partial charge in [0, 0.05) is 43.5 Å². The number of amides is 2. The predicted octanol–water partition coefficient (Wildman–Crippen LogP) is 2.97. The van der Waals surface area contributed by atoms with E-state index in [9.17, 15) is 4.79 Å². The first-order valence-corrected chi connectivity index (χ1v) is 8.52. The van der Waals surface area contributed by atoms with Crippen LogP contribution >= 0.6 is 24.0 Å². The standard InChI is InChI=1S/C17H20ClN5O.ClH/c1-21-8-12-10-22(11-13(12)9-21)17(24)19-16-6-7-23(20-16)15-4-2-14(18)3-5-15;/h2-7,12-13H,8-11H2,1H3,(H,19,20,24);1H/t12-,13+;. The van der Waals surface area contributed by atoms with Crippen LogP contribution in [0, 0.1) is 11.8 Å². The van der Waals surface area contributed by atoms with Crippen LogP contribution in [-0.2, 0) is 0 Å². The zero-order chi connectivity index (χ0) is 16.7. The molecule has 0 spiro atoms. The maximum atomic E-state index is 12.5. The first kappa shape index (κ1) is 18.0. The molecule has 4 rings (SSSR count). The SMILES string of the molecule is CN1C[C@@H]2CN(C(=O)Nc3ccn(-c4ccc(Cl)cc4)n3)C[C@@H]2C1.Cl. The summed E-state index contributed by atoms with van der Waals surface area (Å²) in [4.78, 5) is 16.7. The van der Waals surface area contributed by atoms with Crippen LogP contribution in [0.15, 0.2) is 36.5 Å². The van der Waals surface area contributed by atoms with Gasteiger partial charge in [-0.25, -0.2) is 9.48 Å². The molecule has 1 aromatic carbocycles. The van der Waals surface area contributed by atoms with Gasteiger partial charge in [-0.1, -0.05) is 11.6 Å². The van der Waals surface area contributed by atoms with Crippen molar-refractivity contribution in [1.82, 2.24) is 19.6 Å². The monoisotopic (exact) mass is 381 g/mol. The third-order valence-electron chi connectivity index (χ3n) is 4.87. The Bertz CT molecular complexity index is 734. The number of aromatic nitrogens is 2. The topological polar surface area (TPSA) is 53.4 Å². The van der Waals surface area contributed by atoms with E-state index in [4.69, 9.17) is 11.6 Å². The average molecular weight is 382 g/mol. The number of carbonyl (C=O) groups excluding carboxylic acids is 1. The molecule has 0 aliphatic carbocycles. The Kier molecular flexibility index (Phi) is 5.22. The Morgan fingerprint density at radius 3 is 2.40 bits per heavy atom. The fraction of sp³-hybridized carbons (Fsp3) is 0.412. The molecule has 25 heavy (non-hydrogen) atoms. The molecule has 2 aliphatic rings. The fourth-order valence-electron chi connectivity index (χ4n) is 3.71. The summed E-state index contributed by atoms with van der Waals surface area (Å²) in [5.41, 5.74) is 0.902. The van der Waals surface area contributed by atoms with Gasteiger partial charge in [-0.2, -0.15) is 0 Å². The zero-order valence-corrected chi connectivity index (χ0v) is 15.5. The molecule has 1 N–H and O–H groups in total. The van der Waals surface area contributed by atoms with E-state index in [1.165, 1.54) is 0 Å². The number of hydrogen-bond acceptors (Lipinski definition) is 3. The van der Waals surface area contributed by atoms with Crippen molar-refractivity contribution < 1.29 is 4.79 Å². The third-order valence-corrected chi connectivity index (χ3v) is 5.12. The number of urea groups is 1. The van der Waals surface area contributed by atoms with Crippen molar-refractivity contribution >= 4 is 35.9 Å². The summed E-state index contributed by atoms with van der Waals surface area (Å²) < 4.78 is 1.72. The second kappa shape index (κ2) is 7.23. The van der Waals surface area contributed by atoms with Crippen LogP contribution in [0.25, 0.3) is 5.69 Å². The highest BCUT2D eigenvalue weighted by atomic mass is 35.5. The molecule has 2 atom stereocenters. The third kappa shape index (κ3) is 3.76. The summed E-state index contributed by atoms with van der Waals surface area (Å²) in [5, 5.41) is 8.00. The van der Waals surface area contributed by atoms with Gasteiger partial charge in [0.25, 0.3) is 0 Å². The summed E-state index contributed by atoms with van der Waals surface area (Å²) >= 11 is 5.90. The summed E-state index contributed by atoms with van der Waals surface area (Å²) in [5.74, 6) is 1.77. The highest BCUT2D eigenvalue weighted by Gasteiger charge is 2.40. The molecule has 2 fully saturated rings. The number of likely N-dealkylation sites (tertiary alicyclic amines) is 2.